The van der Waals surface area contributed by atoms with Crippen molar-refractivity contribution in [2.75, 3.05) is 13.7 Å². The zero-order chi connectivity index (χ0) is 25.5. The number of rotatable bonds is 11. The molecule has 0 fully saturated rings. The minimum Gasteiger partial charge on any atom is -0.497 e. The van der Waals surface area contributed by atoms with E-state index < -0.39 is 14.0 Å². The molecule has 6 nitrogen and oxygen atoms in total. The van der Waals surface area contributed by atoms with Gasteiger partial charge < -0.3 is 14.2 Å². The highest BCUT2D eigenvalue weighted by molar-refractivity contribution is 6.76. The molecule has 188 valence electrons. The number of hydrogen-bond acceptors (Lipinski definition) is 5. The van der Waals surface area contributed by atoms with Crippen molar-refractivity contribution in [3.05, 3.63) is 84.4 Å². The first-order valence-corrected chi connectivity index (χ1v) is 15.7. The van der Waals surface area contributed by atoms with Crippen LogP contribution in [0.3, 0.4) is 0 Å². The molecular weight excluding hydrogens is 473 g/mol. The molecule has 8 heteroatoms. The second kappa shape index (κ2) is 11.5. The van der Waals surface area contributed by atoms with Gasteiger partial charge in [0.05, 0.1) is 24.7 Å². The van der Waals surface area contributed by atoms with E-state index in [9.17, 15) is 4.39 Å². The van der Waals surface area contributed by atoms with E-state index in [0.717, 1.165) is 28.6 Å². The molecule has 0 aliphatic rings. The lowest BCUT2D eigenvalue weighted by atomic mass is 10.0. The molecule has 0 amide bonds. The van der Waals surface area contributed by atoms with Crippen molar-refractivity contribution in [1.29, 1.82) is 0 Å². The summed E-state index contributed by atoms with van der Waals surface area (Å²) < 4.78 is 33.7. The van der Waals surface area contributed by atoms with Crippen LogP contribution in [0.25, 0.3) is 22.5 Å². The van der Waals surface area contributed by atoms with Gasteiger partial charge in [-0.2, -0.15) is 9.49 Å². The Morgan fingerprint density at radius 3 is 2.36 bits per heavy atom. The summed E-state index contributed by atoms with van der Waals surface area (Å²) in [5, 5.41) is 4.55. The van der Waals surface area contributed by atoms with Gasteiger partial charge in [-0.15, -0.1) is 0 Å². The van der Waals surface area contributed by atoms with Crippen LogP contribution in [-0.2, 0) is 18.1 Å². The Labute approximate surface area is 212 Å². The third-order valence-corrected chi connectivity index (χ3v) is 7.44. The maximum absolute atomic E-state index is 14.9. The van der Waals surface area contributed by atoms with E-state index in [0.29, 0.717) is 24.6 Å². The highest BCUT2D eigenvalue weighted by atomic mass is 28.3. The van der Waals surface area contributed by atoms with Crippen molar-refractivity contribution in [2.45, 2.75) is 39.0 Å². The maximum Gasteiger partial charge on any atom is 0.255 e. The monoisotopic (exact) mass is 505 g/mol. The highest BCUT2D eigenvalue weighted by Crippen LogP contribution is 2.33. The van der Waals surface area contributed by atoms with Gasteiger partial charge in [0.1, 0.15) is 19.1 Å². The molecular formula is C28H32FN3O3Si. The summed E-state index contributed by atoms with van der Waals surface area (Å²) in [6.07, 6.45) is 1.70. The van der Waals surface area contributed by atoms with Crippen LogP contribution < -0.4 is 9.47 Å². The normalized spacial score (nSPS) is 11.5. The summed E-state index contributed by atoms with van der Waals surface area (Å²) in [5.41, 5.74) is 3.85. The molecule has 0 aliphatic heterocycles. The summed E-state index contributed by atoms with van der Waals surface area (Å²) >= 11 is 0. The molecule has 0 bridgehead atoms. The first-order valence-electron chi connectivity index (χ1n) is 12.0. The fourth-order valence-electron chi connectivity index (χ4n) is 3.67. The molecule has 2 aromatic carbocycles. The van der Waals surface area contributed by atoms with E-state index in [4.69, 9.17) is 14.2 Å². The van der Waals surface area contributed by atoms with E-state index >= 15 is 0 Å². The fraction of sp³-hybridized carbons (Fsp3) is 0.286. The molecule has 0 atom stereocenters. The third-order valence-electron chi connectivity index (χ3n) is 5.74. The van der Waals surface area contributed by atoms with Crippen molar-refractivity contribution >= 4 is 8.07 Å². The number of benzene rings is 2. The molecule has 0 N–H and O–H groups in total. The zero-order valence-electron chi connectivity index (χ0n) is 21.2. The van der Waals surface area contributed by atoms with Gasteiger partial charge in [0, 0.05) is 25.8 Å². The lowest BCUT2D eigenvalue weighted by Gasteiger charge is -2.16. The van der Waals surface area contributed by atoms with Gasteiger partial charge in [-0.25, -0.2) is 9.67 Å². The van der Waals surface area contributed by atoms with E-state index in [2.05, 4.69) is 29.7 Å². The minimum absolute atomic E-state index is 0.107. The van der Waals surface area contributed by atoms with Crippen LogP contribution in [0.4, 0.5) is 4.39 Å². The minimum atomic E-state index is -1.20. The van der Waals surface area contributed by atoms with Crippen molar-refractivity contribution in [2.24, 2.45) is 0 Å². The van der Waals surface area contributed by atoms with Crippen LogP contribution in [-0.4, -0.2) is 36.6 Å². The van der Waals surface area contributed by atoms with Gasteiger partial charge >= 0.3 is 0 Å². The van der Waals surface area contributed by atoms with Crippen LogP contribution in [0.15, 0.2) is 72.9 Å². The Bertz CT molecular complexity index is 1270. The van der Waals surface area contributed by atoms with Gasteiger partial charge in [0.25, 0.3) is 5.95 Å². The average molecular weight is 506 g/mol. The first-order chi connectivity index (χ1) is 17.3. The molecule has 0 saturated carbocycles. The molecule has 0 unspecified atom stereocenters. The summed E-state index contributed by atoms with van der Waals surface area (Å²) in [6.45, 7) is 8.19. The largest absolute Gasteiger partial charge is 0.497 e. The predicted molar refractivity (Wildman–Crippen MR) is 142 cm³/mol. The van der Waals surface area contributed by atoms with Gasteiger partial charge in [0.15, 0.2) is 5.75 Å². The third kappa shape index (κ3) is 6.59. The Morgan fingerprint density at radius 2 is 1.69 bits per heavy atom. The van der Waals surface area contributed by atoms with Crippen LogP contribution in [0.5, 0.6) is 11.5 Å². The smallest absolute Gasteiger partial charge is 0.255 e. The molecule has 4 aromatic rings. The van der Waals surface area contributed by atoms with Crippen LogP contribution in [0, 0.1) is 5.95 Å². The van der Waals surface area contributed by atoms with Crippen molar-refractivity contribution < 1.29 is 18.6 Å². The van der Waals surface area contributed by atoms with Crippen LogP contribution in [0.1, 0.15) is 5.56 Å². The number of aromatic nitrogens is 3. The van der Waals surface area contributed by atoms with Gasteiger partial charge in [0.2, 0.25) is 0 Å². The lowest BCUT2D eigenvalue weighted by molar-refractivity contribution is 0.0798. The summed E-state index contributed by atoms with van der Waals surface area (Å²) in [6, 6.07) is 21.7. The molecule has 0 aliphatic carbocycles. The Balaban J connectivity index is 1.59. The SMILES string of the molecule is COc1ccc(-c2c(-c3ccc(OCc4ccccc4)c(F)n3)cnn2COCC[Si](C)(C)C)cc1. The molecule has 0 saturated heterocycles. The molecule has 2 heterocycles. The Kier molecular flexibility index (Phi) is 8.17. The van der Waals surface area contributed by atoms with Crippen molar-refractivity contribution in [1.82, 2.24) is 14.8 Å². The molecule has 36 heavy (non-hydrogen) atoms. The van der Waals surface area contributed by atoms with Gasteiger partial charge in [-0.1, -0.05) is 50.0 Å². The summed E-state index contributed by atoms with van der Waals surface area (Å²) in [4.78, 5) is 4.21. The zero-order valence-corrected chi connectivity index (χ0v) is 22.2. The number of pyridine rings is 1. The summed E-state index contributed by atoms with van der Waals surface area (Å²) in [5.74, 6) is 0.195. The van der Waals surface area contributed by atoms with Gasteiger partial charge in [-0.05, 0) is 48.0 Å². The standard InChI is InChI=1S/C28H32FN3O3Si/c1-33-23-12-10-22(11-13-23)27-24(18-30-32(27)20-34-16-17-36(2,3)4)25-14-15-26(28(29)31-25)35-19-21-8-6-5-7-9-21/h5-15,18H,16-17,19-20H2,1-4H3. The van der Waals surface area contributed by atoms with E-state index in [1.165, 1.54) is 0 Å². The Morgan fingerprint density at radius 1 is 0.944 bits per heavy atom. The lowest BCUT2D eigenvalue weighted by Crippen LogP contribution is -2.22. The highest BCUT2D eigenvalue weighted by Gasteiger charge is 2.19. The van der Waals surface area contributed by atoms with E-state index in [-0.39, 0.29) is 12.4 Å². The van der Waals surface area contributed by atoms with Crippen LogP contribution in [0.2, 0.25) is 25.7 Å². The average Bonchev–Trinajstić information content (AvgIpc) is 3.30. The number of nitrogens with zero attached hydrogens (tertiary/aromatic N) is 3. The number of methoxy groups -OCH3 is 1. The Hall–Kier alpha value is -3.49. The molecule has 2 aromatic heterocycles. The molecule has 0 radical (unpaired) electrons. The fourth-order valence-corrected chi connectivity index (χ4v) is 4.42. The van der Waals surface area contributed by atoms with Crippen LogP contribution >= 0.6 is 0 Å². The van der Waals surface area contributed by atoms with Gasteiger partial charge in [-0.3, -0.25) is 0 Å². The van der Waals surface area contributed by atoms with Crippen molar-refractivity contribution in [3.8, 4) is 34.0 Å². The number of halogens is 1. The summed E-state index contributed by atoms with van der Waals surface area (Å²) in [7, 11) is 0.427. The maximum atomic E-state index is 14.9. The second-order valence-corrected chi connectivity index (χ2v) is 15.4. The van der Waals surface area contributed by atoms with Crippen molar-refractivity contribution in [3.63, 3.8) is 0 Å². The first kappa shape index (κ1) is 25.6. The molecule has 4 rings (SSSR count). The predicted octanol–water partition coefficient (Wildman–Crippen LogP) is 6.65. The van der Waals surface area contributed by atoms with E-state index in [1.54, 1.807) is 30.1 Å². The molecule has 0 spiro atoms. The second-order valence-electron chi connectivity index (χ2n) is 9.74. The topological polar surface area (TPSA) is 58.4 Å². The number of ether oxygens (including phenoxy) is 3. The quantitative estimate of drug-likeness (QED) is 0.130. The number of hydrogen-bond donors (Lipinski definition) is 0. The van der Waals surface area contributed by atoms with E-state index in [1.807, 2.05) is 54.6 Å².